The van der Waals surface area contributed by atoms with Crippen LogP contribution in [-0.4, -0.2) is 11.9 Å². The molecular weight excluding hydrogens is 544 g/mol. The van der Waals surface area contributed by atoms with E-state index in [-0.39, 0.29) is 0 Å². The third-order valence-corrected chi connectivity index (χ3v) is 9.38. The zero-order chi connectivity index (χ0) is 32.7. The molecule has 0 aromatic heterocycles. The van der Waals surface area contributed by atoms with E-state index in [0.717, 1.165) is 29.9 Å². The highest BCUT2D eigenvalue weighted by Crippen LogP contribution is 2.29. The molecule has 2 aromatic rings. The van der Waals surface area contributed by atoms with Crippen LogP contribution in [0, 0.1) is 0 Å². The first kappa shape index (κ1) is 39.0. The van der Waals surface area contributed by atoms with Crippen molar-refractivity contribution in [1.29, 1.82) is 0 Å². The van der Waals surface area contributed by atoms with Gasteiger partial charge in [-0.3, -0.25) is 9.98 Å². The van der Waals surface area contributed by atoms with Crippen LogP contribution in [0.4, 0.5) is 11.4 Å². The van der Waals surface area contributed by atoms with Crippen molar-refractivity contribution >= 4 is 23.3 Å². The third kappa shape index (κ3) is 14.8. The van der Waals surface area contributed by atoms with Gasteiger partial charge in [-0.25, -0.2) is 0 Å². The van der Waals surface area contributed by atoms with Crippen LogP contribution in [0.2, 0.25) is 0 Å². The van der Waals surface area contributed by atoms with Gasteiger partial charge in [-0.15, -0.1) is 0 Å². The van der Waals surface area contributed by atoms with Crippen LogP contribution in [0.15, 0.2) is 34.3 Å². The Bertz CT molecular complexity index is 1140. The van der Waals surface area contributed by atoms with Gasteiger partial charge in [0.25, 0.3) is 0 Å². The lowest BCUT2D eigenvalue weighted by molar-refractivity contribution is 0.605. The summed E-state index contributed by atoms with van der Waals surface area (Å²) in [6.07, 6.45) is 29.8. The molecule has 0 fully saturated rings. The average molecular weight is 615 g/mol. The monoisotopic (exact) mass is 615 g/mol. The number of hydrogen-bond acceptors (Lipinski definition) is 2. The zero-order valence-corrected chi connectivity index (χ0v) is 30.8. The molecule has 0 unspecified atom stereocenters. The number of benzene rings is 2. The summed E-state index contributed by atoms with van der Waals surface area (Å²) in [5.74, 6) is 0. The Balaban J connectivity index is 2.38. The molecule has 252 valence electrons. The van der Waals surface area contributed by atoms with Gasteiger partial charge in [0.15, 0.2) is 0 Å². The molecule has 0 radical (unpaired) electrons. The molecule has 45 heavy (non-hydrogen) atoms. The predicted octanol–water partition coefficient (Wildman–Crippen LogP) is 13.8. The molecule has 0 bridgehead atoms. The van der Waals surface area contributed by atoms with Gasteiger partial charge in [0.1, 0.15) is 0 Å². The fourth-order valence-electron chi connectivity index (χ4n) is 6.69. The van der Waals surface area contributed by atoms with Gasteiger partial charge in [-0.05, 0) is 135 Å². The van der Waals surface area contributed by atoms with Crippen molar-refractivity contribution in [3.8, 4) is 0 Å². The summed E-state index contributed by atoms with van der Waals surface area (Å²) in [4.78, 5) is 10.2. The average Bonchev–Trinajstić information content (AvgIpc) is 3.04. The second kappa shape index (κ2) is 24.0. The quantitative estimate of drug-likeness (QED) is 0.0785. The topological polar surface area (TPSA) is 24.7 Å². The van der Waals surface area contributed by atoms with E-state index in [1.165, 1.54) is 140 Å². The number of rotatable bonds is 25. The summed E-state index contributed by atoms with van der Waals surface area (Å²) in [5.41, 5.74) is 12.5. The molecule has 0 saturated heterocycles. The van der Waals surface area contributed by atoms with E-state index in [4.69, 9.17) is 9.98 Å². The zero-order valence-electron chi connectivity index (χ0n) is 30.8. The molecule has 0 heterocycles. The molecule has 0 aliphatic heterocycles. The first-order chi connectivity index (χ1) is 22.0. The Morgan fingerprint density at radius 1 is 0.467 bits per heavy atom. The smallest absolute Gasteiger partial charge is 0.0639 e. The standard InChI is InChI=1S/C43H70N2/c1-8-14-19-21-22-24-28-39-33-41(32-38(26-17-11-4)43(39)29-18-12-5)45-35(7)34-44-40-30-36(25-16-10-3)42(13-6)37(31-40)27-23-20-15-9-2/h30-34H,8-29H2,1-7H3. The normalized spacial score (nSPS) is 12.1. The van der Waals surface area contributed by atoms with Gasteiger partial charge in [-0.1, -0.05) is 112 Å². The summed E-state index contributed by atoms with van der Waals surface area (Å²) in [5, 5.41) is 0. The molecule has 0 aliphatic rings. The van der Waals surface area contributed by atoms with E-state index in [1.54, 1.807) is 22.3 Å². The Hall–Kier alpha value is -2.22. The molecule has 0 saturated carbocycles. The fraction of sp³-hybridized carbons (Fsp3) is 0.674. The molecule has 2 rings (SSSR count). The maximum atomic E-state index is 5.16. The van der Waals surface area contributed by atoms with Crippen LogP contribution < -0.4 is 0 Å². The second-order valence-electron chi connectivity index (χ2n) is 13.5. The Labute approximate surface area is 280 Å². The predicted molar refractivity (Wildman–Crippen MR) is 204 cm³/mol. The minimum Gasteiger partial charge on any atom is -0.255 e. The van der Waals surface area contributed by atoms with E-state index in [0.29, 0.717) is 0 Å². The highest BCUT2D eigenvalue weighted by Gasteiger charge is 2.12. The summed E-state index contributed by atoms with van der Waals surface area (Å²) in [7, 11) is 0. The SMILES string of the molecule is CCCCCCCCc1cc(N=C(C)C=Nc2cc(CCCC)c(CC)c(CCCCCC)c2)cc(CCCC)c1CCCC. The third-order valence-electron chi connectivity index (χ3n) is 9.38. The summed E-state index contributed by atoms with van der Waals surface area (Å²) in [6, 6.07) is 9.54. The number of nitrogens with zero attached hydrogens (tertiary/aromatic N) is 2. The molecular formula is C43H70N2. The van der Waals surface area contributed by atoms with Crippen molar-refractivity contribution in [2.45, 2.75) is 190 Å². The number of aliphatic imine (C=N–C) groups is 2. The van der Waals surface area contributed by atoms with E-state index < -0.39 is 0 Å². The van der Waals surface area contributed by atoms with Gasteiger partial charge in [0, 0.05) is 6.21 Å². The van der Waals surface area contributed by atoms with Crippen molar-refractivity contribution < 1.29 is 0 Å². The van der Waals surface area contributed by atoms with Crippen molar-refractivity contribution in [2.75, 3.05) is 0 Å². The lowest BCUT2D eigenvalue weighted by Gasteiger charge is -2.17. The molecule has 0 N–H and O–H groups in total. The maximum Gasteiger partial charge on any atom is 0.0639 e. The van der Waals surface area contributed by atoms with Crippen molar-refractivity contribution in [1.82, 2.24) is 0 Å². The van der Waals surface area contributed by atoms with E-state index in [9.17, 15) is 0 Å². The largest absolute Gasteiger partial charge is 0.255 e. The number of unbranched alkanes of at least 4 members (excludes halogenated alkanes) is 11. The molecule has 0 aliphatic carbocycles. The van der Waals surface area contributed by atoms with Gasteiger partial charge < -0.3 is 0 Å². The van der Waals surface area contributed by atoms with Crippen molar-refractivity contribution in [3.63, 3.8) is 0 Å². The second-order valence-corrected chi connectivity index (χ2v) is 13.5. The van der Waals surface area contributed by atoms with Crippen LogP contribution in [0.3, 0.4) is 0 Å². The Morgan fingerprint density at radius 3 is 1.38 bits per heavy atom. The van der Waals surface area contributed by atoms with E-state index >= 15 is 0 Å². The highest BCUT2D eigenvalue weighted by atomic mass is 14.8. The van der Waals surface area contributed by atoms with Gasteiger partial charge >= 0.3 is 0 Å². The highest BCUT2D eigenvalue weighted by molar-refractivity contribution is 6.30. The summed E-state index contributed by atoms with van der Waals surface area (Å²) < 4.78 is 0. The Kier molecular flexibility index (Phi) is 20.8. The molecule has 2 heteroatoms. The number of aryl methyl sites for hydroxylation is 4. The summed E-state index contributed by atoms with van der Waals surface area (Å²) >= 11 is 0. The lowest BCUT2D eigenvalue weighted by Crippen LogP contribution is -2.03. The minimum atomic E-state index is 0.988. The van der Waals surface area contributed by atoms with Crippen LogP contribution in [0.1, 0.15) is 185 Å². The molecule has 2 nitrogen and oxygen atoms in total. The van der Waals surface area contributed by atoms with Gasteiger partial charge in [-0.2, -0.15) is 0 Å². The van der Waals surface area contributed by atoms with Crippen molar-refractivity contribution in [2.24, 2.45) is 9.98 Å². The first-order valence-electron chi connectivity index (χ1n) is 19.4. The molecule has 0 amide bonds. The Morgan fingerprint density at radius 2 is 0.867 bits per heavy atom. The van der Waals surface area contributed by atoms with E-state index in [1.807, 2.05) is 6.21 Å². The molecule has 0 atom stereocenters. The van der Waals surface area contributed by atoms with Crippen LogP contribution in [-0.2, 0) is 38.5 Å². The van der Waals surface area contributed by atoms with Crippen LogP contribution in [0.25, 0.3) is 0 Å². The van der Waals surface area contributed by atoms with Gasteiger partial charge in [0.05, 0.1) is 17.1 Å². The molecule has 0 spiro atoms. The lowest BCUT2D eigenvalue weighted by atomic mass is 9.90. The summed E-state index contributed by atoms with van der Waals surface area (Å²) in [6.45, 7) is 16.0. The molecule has 2 aromatic carbocycles. The van der Waals surface area contributed by atoms with Crippen LogP contribution >= 0.6 is 0 Å². The number of hydrogen-bond donors (Lipinski definition) is 0. The van der Waals surface area contributed by atoms with Crippen LogP contribution in [0.5, 0.6) is 0 Å². The van der Waals surface area contributed by atoms with Crippen molar-refractivity contribution in [3.05, 3.63) is 57.6 Å². The van der Waals surface area contributed by atoms with Gasteiger partial charge in [0.2, 0.25) is 0 Å². The minimum absolute atomic E-state index is 0.988. The fourth-order valence-corrected chi connectivity index (χ4v) is 6.69. The first-order valence-corrected chi connectivity index (χ1v) is 19.4. The van der Waals surface area contributed by atoms with E-state index in [2.05, 4.69) is 72.7 Å². The maximum absolute atomic E-state index is 5.16.